The highest BCUT2D eigenvalue weighted by Crippen LogP contribution is 2.35. The van der Waals surface area contributed by atoms with Gasteiger partial charge in [-0.15, -0.1) is 5.20 Å². The molecule has 0 fully saturated rings. The van der Waals surface area contributed by atoms with E-state index in [2.05, 4.69) is 15.1 Å². The van der Waals surface area contributed by atoms with E-state index in [0.29, 0.717) is 5.69 Å². The molecule has 0 saturated carbocycles. The molecule has 1 atom stereocenters. The zero-order valence-corrected chi connectivity index (χ0v) is 8.70. The topological polar surface area (TPSA) is 70.6 Å². The largest absolute Gasteiger partial charge is 0.420 e. The quantitative estimate of drug-likeness (QED) is 0.516. The molecule has 14 heavy (non-hydrogen) atoms. The summed E-state index contributed by atoms with van der Waals surface area (Å²) in [5.41, 5.74) is 3.28. The third-order valence-corrected chi connectivity index (χ3v) is 2.42. The Kier molecular flexibility index (Phi) is 4.10. The maximum atomic E-state index is 11.1. The molecule has 0 aliphatic rings. The maximum absolute atomic E-state index is 11.1. The zero-order valence-electron chi connectivity index (χ0n) is 7.80. The van der Waals surface area contributed by atoms with Gasteiger partial charge in [0.05, 0.1) is 6.61 Å². The van der Waals surface area contributed by atoms with Gasteiger partial charge in [0.25, 0.3) is 0 Å². The summed E-state index contributed by atoms with van der Waals surface area (Å²) >= 11 is 0. The standard InChI is InChI=1S/C8H13N2O3P/c1-2-13-14(11,12)10-9-8-6-4-3-5-7-8/h3-7,9H,2H2,1H3,(H2,10,11,12). The molecule has 78 valence electrons. The molecule has 0 amide bonds. The number of anilines is 1. The van der Waals surface area contributed by atoms with Crippen molar-refractivity contribution < 1.29 is 14.0 Å². The van der Waals surface area contributed by atoms with Gasteiger partial charge >= 0.3 is 7.75 Å². The fraction of sp³-hybridized carbons (Fsp3) is 0.250. The van der Waals surface area contributed by atoms with Gasteiger partial charge in [0.2, 0.25) is 0 Å². The fourth-order valence-corrected chi connectivity index (χ4v) is 1.55. The van der Waals surface area contributed by atoms with Crippen LogP contribution < -0.4 is 10.6 Å². The molecule has 1 aromatic carbocycles. The Morgan fingerprint density at radius 1 is 1.43 bits per heavy atom. The molecule has 0 aromatic heterocycles. The molecule has 0 radical (unpaired) electrons. The van der Waals surface area contributed by atoms with Crippen molar-refractivity contribution in [2.24, 2.45) is 0 Å². The summed E-state index contributed by atoms with van der Waals surface area (Å²) in [6, 6.07) is 9.00. The summed E-state index contributed by atoms with van der Waals surface area (Å²) in [5.74, 6) is 0. The van der Waals surface area contributed by atoms with E-state index in [4.69, 9.17) is 4.89 Å². The lowest BCUT2D eigenvalue weighted by atomic mass is 10.3. The van der Waals surface area contributed by atoms with Crippen LogP contribution in [-0.2, 0) is 9.09 Å². The van der Waals surface area contributed by atoms with Gasteiger partial charge in [0.1, 0.15) is 0 Å². The van der Waals surface area contributed by atoms with E-state index in [1.807, 2.05) is 18.2 Å². The van der Waals surface area contributed by atoms with Crippen molar-refractivity contribution in [2.45, 2.75) is 6.92 Å². The second-order valence-electron chi connectivity index (χ2n) is 2.54. The summed E-state index contributed by atoms with van der Waals surface area (Å²) in [5, 5.41) is 2.22. The number of nitrogens with one attached hydrogen (secondary N) is 2. The highest BCUT2D eigenvalue weighted by molar-refractivity contribution is 7.50. The number of hydrazine groups is 1. The Labute approximate surface area is 82.7 Å². The molecular formula is C8H13N2O3P. The smallest absolute Gasteiger partial charge is 0.312 e. The molecule has 0 aliphatic heterocycles. The van der Waals surface area contributed by atoms with E-state index in [0.717, 1.165) is 0 Å². The van der Waals surface area contributed by atoms with Crippen LogP contribution in [-0.4, -0.2) is 11.5 Å². The SMILES string of the molecule is CCOP(=O)(O)NNc1ccccc1. The van der Waals surface area contributed by atoms with E-state index < -0.39 is 7.75 Å². The van der Waals surface area contributed by atoms with E-state index >= 15 is 0 Å². The molecular weight excluding hydrogens is 203 g/mol. The van der Waals surface area contributed by atoms with Crippen molar-refractivity contribution >= 4 is 13.4 Å². The molecule has 5 nitrogen and oxygen atoms in total. The van der Waals surface area contributed by atoms with Crippen molar-refractivity contribution in [1.29, 1.82) is 0 Å². The highest BCUT2D eigenvalue weighted by Gasteiger charge is 2.16. The first-order valence-electron chi connectivity index (χ1n) is 4.20. The molecule has 0 saturated heterocycles. The van der Waals surface area contributed by atoms with Crippen molar-refractivity contribution in [3.05, 3.63) is 30.3 Å². The Bertz CT molecular complexity index is 318. The molecule has 1 unspecified atom stereocenters. The van der Waals surface area contributed by atoms with Crippen LogP contribution in [0.2, 0.25) is 0 Å². The minimum Gasteiger partial charge on any atom is -0.312 e. The average Bonchev–Trinajstić information content (AvgIpc) is 2.17. The summed E-state index contributed by atoms with van der Waals surface area (Å²) in [6.45, 7) is 1.82. The summed E-state index contributed by atoms with van der Waals surface area (Å²) in [4.78, 5) is 9.14. The third-order valence-electron chi connectivity index (χ3n) is 1.42. The highest BCUT2D eigenvalue weighted by atomic mass is 31.2. The first-order chi connectivity index (χ1) is 6.64. The monoisotopic (exact) mass is 216 g/mol. The number of rotatable bonds is 5. The van der Waals surface area contributed by atoms with E-state index in [-0.39, 0.29) is 6.61 Å². The molecule has 3 N–H and O–H groups in total. The summed E-state index contributed by atoms with van der Waals surface area (Å²) < 4.78 is 15.7. The maximum Gasteiger partial charge on any atom is 0.420 e. The van der Waals surface area contributed by atoms with E-state index in [1.165, 1.54) is 0 Å². The molecule has 0 spiro atoms. The van der Waals surface area contributed by atoms with E-state index in [9.17, 15) is 4.57 Å². The molecule has 0 heterocycles. The van der Waals surface area contributed by atoms with Crippen LogP contribution in [0.1, 0.15) is 6.92 Å². The van der Waals surface area contributed by atoms with Gasteiger partial charge in [0, 0.05) is 5.69 Å². The van der Waals surface area contributed by atoms with Crippen LogP contribution in [0.4, 0.5) is 5.69 Å². The lowest BCUT2D eigenvalue weighted by molar-refractivity contribution is 0.266. The van der Waals surface area contributed by atoms with Crippen LogP contribution >= 0.6 is 7.75 Å². The summed E-state index contributed by atoms with van der Waals surface area (Å²) in [6.07, 6.45) is 0. The Hall–Kier alpha value is -0.870. The van der Waals surface area contributed by atoms with Crippen LogP contribution in [0.3, 0.4) is 0 Å². The predicted molar refractivity (Wildman–Crippen MR) is 54.7 cm³/mol. The number of hydrogen-bond acceptors (Lipinski definition) is 3. The number of benzene rings is 1. The van der Waals surface area contributed by atoms with Crippen molar-refractivity contribution in [2.75, 3.05) is 12.0 Å². The Morgan fingerprint density at radius 2 is 2.07 bits per heavy atom. The first kappa shape index (κ1) is 11.2. The average molecular weight is 216 g/mol. The molecule has 0 bridgehead atoms. The number of para-hydroxylation sites is 1. The van der Waals surface area contributed by atoms with Gasteiger partial charge in [-0.1, -0.05) is 18.2 Å². The second kappa shape index (κ2) is 5.12. The zero-order chi connectivity index (χ0) is 10.4. The summed E-state index contributed by atoms with van der Waals surface area (Å²) in [7, 11) is -3.72. The van der Waals surface area contributed by atoms with Gasteiger partial charge < -0.3 is 10.3 Å². The van der Waals surface area contributed by atoms with Gasteiger partial charge in [-0.3, -0.25) is 4.52 Å². The van der Waals surface area contributed by atoms with Crippen molar-refractivity contribution in [3.63, 3.8) is 0 Å². The van der Waals surface area contributed by atoms with Crippen molar-refractivity contribution in [1.82, 2.24) is 5.20 Å². The molecule has 1 rings (SSSR count). The Morgan fingerprint density at radius 3 is 2.64 bits per heavy atom. The van der Waals surface area contributed by atoms with Gasteiger partial charge in [-0.2, -0.15) is 0 Å². The van der Waals surface area contributed by atoms with Gasteiger partial charge in [-0.25, -0.2) is 4.57 Å². The second-order valence-corrected chi connectivity index (χ2v) is 4.06. The van der Waals surface area contributed by atoms with Crippen LogP contribution in [0.15, 0.2) is 30.3 Å². The fourth-order valence-electron chi connectivity index (χ4n) is 0.864. The minimum atomic E-state index is -3.72. The van der Waals surface area contributed by atoms with Crippen LogP contribution in [0, 0.1) is 0 Å². The molecule has 0 aliphatic carbocycles. The van der Waals surface area contributed by atoms with Crippen molar-refractivity contribution in [3.8, 4) is 0 Å². The minimum absolute atomic E-state index is 0.178. The van der Waals surface area contributed by atoms with Crippen LogP contribution in [0.25, 0.3) is 0 Å². The van der Waals surface area contributed by atoms with Gasteiger partial charge in [-0.05, 0) is 19.1 Å². The third kappa shape index (κ3) is 3.89. The Balaban J connectivity index is 2.45. The predicted octanol–water partition coefficient (Wildman–Crippen LogP) is 1.74. The molecule has 6 heteroatoms. The lowest BCUT2D eigenvalue weighted by Gasteiger charge is -2.13. The first-order valence-corrected chi connectivity index (χ1v) is 5.77. The van der Waals surface area contributed by atoms with Crippen LogP contribution in [0.5, 0.6) is 0 Å². The van der Waals surface area contributed by atoms with Gasteiger partial charge in [0.15, 0.2) is 0 Å². The normalized spacial score (nSPS) is 14.7. The molecule has 1 aromatic rings. The van der Waals surface area contributed by atoms with E-state index in [1.54, 1.807) is 19.1 Å². The lowest BCUT2D eigenvalue weighted by Crippen LogP contribution is -2.19. The number of hydrogen-bond donors (Lipinski definition) is 3.